The Morgan fingerprint density at radius 1 is 1.21 bits per heavy atom. The molecule has 108 valence electrons. The predicted molar refractivity (Wildman–Crippen MR) is 79.7 cm³/mol. The van der Waals surface area contributed by atoms with Crippen LogP contribution in [0.5, 0.6) is 5.75 Å². The fourth-order valence-electron chi connectivity index (χ4n) is 1.60. The number of hydrogen-bond donors (Lipinski definition) is 1. The molecule has 0 bridgehead atoms. The van der Waals surface area contributed by atoms with E-state index in [4.69, 9.17) is 14.2 Å². The zero-order valence-corrected chi connectivity index (χ0v) is 13.2. The van der Waals surface area contributed by atoms with E-state index in [0.717, 1.165) is 28.9 Å². The first-order valence-corrected chi connectivity index (χ1v) is 7.26. The summed E-state index contributed by atoms with van der Waals surface area (Å²) in [5.41, 5.74) is 1.13. The van der Waals surface area contributed by atoms with Crippen LogP contribution in [-0.2, 0) is 16.0 Å². The molecule has 0 saturated heterocycles. The van der Waals surface area contributed by atoms with Crippen LogP contribution in [0, 0.1) is 0 Å². The Bertz CT molecular complexity index is 361. The molecular weight excluding hydrogens is 310 g/mol. The third-order valence-electron chi connectivity index (χ3n) is 2.53. The largest absolute Gasteiger partial charge is 0.490 e. The summed E-state index contributed by atoms with van der Waals surface area (Å²) >= 11 is 3.52. The Labute approximate surface area is 123 Å². The van der Waals surface area contributed by atoms with Gasteiger partial charge in [-0.05, 0) is 28.9 Å². The number of benzene rings is 1. The van der Waals surface area contributed by atoms with Crippen LogP contribution in [0.25, 0.3) is 0 Å². The second-order valence-corrected chi connectivity index (χ2v) is 4.80. The molecule has 0 unspecified atom stereocenters. The van der Waals surface area contributed by atoms with E-state index in [-0.39, 0.29) is 0 Å². The van der Waals surface area contributed by atoms with Crippen LogP contribution >= 0.6 is 15.9 Å². The number of nitrogens with one attached hydrogen (secondary N) is 1. The monoisotopic (exact) mass is 331 g/mol. The second-order valence-electron chi connectivity index (χ2n) is 3.94. The van der Waals surface area contributed by atoms with Crippen molar-refractivity contribution in [2.24, 2.45) is 0 Å². The average molecular weight is 332 g/mol. The van der Waals surface area contributed by atoms with Crippen LogP contribution in [0.2, 0.25) is 0 Å². The van der Waals surface area contributed by atoms with Crippen LogP contribution in [0.3, 0.4) is 0 Å². The normalized spacial score (nSPS) is 10.7. The highest BCUT2D eigenvalue weighted by atomic mass is 79.9. The van der Waals surface area contributed by atoms with Gasteiger partial charge in [0.2, 0.25) is 0 Å². The van der Waals surface area contributed by atoms with Gasteiger partial charge in [0.05, 0.1) is 17.7 Å². The number of halogens is 1. The molecule has 0 aliphatic heterocycles. The Kier molecular flexibility index (Phi) is 8.82. The standard InChI is InChI=1S/C14H22BrNO3/c1-3-18-9-10-19-14-12(5-4-6-13(14)15)11-16-7-8-17-2/h4-6,16H,3,7-11H2,1-2H3. The van der Waals surface area contributed by atoms with E-state index in [1.54, 1.807) is 7.11 Å². The van der Waals surface area contributed by atoms with Crippen LogP contribution < -0.4 is 10.1 Å². The van der Waals surface area contributed by atoms with Crippen molar-refractivity contribution in [2.45, 2.75) is 13.5 Å². The summed E-state index contributed by atoms with van der Waals surface area (Å²) in [4.78, 5) is 0. The first kappa shape index (κ1) is 16.4. The third-order valence-corrected chi connectivity index (χ3v) is 3.15. The van der Waals surface area contributed by atoms with Crippen LogP contribution in [0.15, 0.2) is 22.7 Å². The van der Waals surface area contributed by atoms with E-state index in [9.17, 15) is 0 Å². The molecule has 1 N–H and O–H groups in total. The Hall–Kier alpha value is -0.620. The molecule has 0 fully saturated rings. The maximum absolute atomic E-state index is 5.78. The fraction of sp³-hybridized carbons (Fsp3) is 0.571. The summed E-state index contributed by atoms with van der Waals surface area (Å²) in [6.45, 7) is 6.13. The molecule has 1 aromatic rings. The molecule has 4 nitrogen and oxygen atoms in total. The van der Waals surface area contributed by atoms with Crippen molar-refractivity contribution >= 4 is 15.9 Å². The van der Waals surface area contributed by atoms with Crippen LogP contribution in [-0.4, -0.2) is 40.1 Å². The van der Waals surface area contributed by atoms with Gasteiger partial charge in [-0.25, -0.2) is 0 Å². The molecule has 19 heavy (non-hydrogen) atoms. The number of methoxy groups -OCH3 is 1. The molecule has 0 saturated carbocycles. The van der Waals surface area contributed by atoms with E-state index in [1.807, 2.05) is 19.1 Å². The van der Waals surface area contributed by atoms with Crippen molar-refractivity contribution in [3.05, 3.63) is 28.2 Å². The summed E-state index contributed by atoms with van der Waals surface area (Å²) in [7, 11) is 1.70. The van der Waals surface area contributed by atoms with E-state index in [0.29, 0.717) is 26.4 Å². The maximum Gasteiger partial charge on any atom is 0.138 e. The second kappa shape index (κ2) is 10.2. The van der Waals surface area contributed by atoms with Crippen molar-refractivity contribution in [1.29, 1.82) is 0 Å². The lowest BCUT2D eigenvalue weighted by Gasteiger charge is -2.14. The number of ether oxygens (including phenoxy) is 3. The van der Waals surface area contributed by atoms with E-state index >= 15 is 0 Å². The van der Waals surface area contributed by atoms with Gasteiger partial charge < -0.3 is 19.5 Å². The van der Waals surface area contributed by atoms with Gasteiger partial charge in [-0.3, -0.25) is 0 Å². The number of para-hydroxylation sites is 1. The highest BCUT2D eigenvalue weighted by Crippen LogP contribution is 2.29. The molecule has 0 aliphatic rings. The van der Waals surface area contributed by atoms with Gasteiger partial charge in [0.15, 0.2) is 0 Å². The lowest BCUT2D eigenvalue weighted by Crippen LogP contribution is -2.19. The lowest BCUT2D eigenvalue weighted by molar-refractivity contribution is 0.109. The summed E-state index contributed by atoms with van der Waals surface area (Å²) < 4.78 is 17.0. The highest BCUT2D eigenvalue weighted by Gasteiger charge is 2.07. The Morgan fingerprint density at radius 2 is 2.05 bits per heavy atom. The molecule has 0 amide bonds. The fourth-order valence-corrected chi connectivity index (χ4v) is 2.12. The van der Waals surface area contributed by atoms with Gasteiger partial charge in [0.1, 0.15) is 12.4 Å². The number of rotatable bonds is 10. The van der Waals surface area contributed by atoms with Crippen molar-refractivity contribution in [3.63, 3.8) is 0 Å². The lowest BCUT2D eigenvalue weighted by atomic mass is 10.2. The van der Waals surface area contributed by atoms with Gasteiger partial charge in [0, 0.05) is 32.4 Å². The highest BCUT2D eigenvalue weighted by molar-refractivity contribution is 9.10. The minimum Gasteiger partial charge on any atom is -0.490 e. The van der Waals surface area contributed by atoms with Crippen molar-refractivity contribution in [3.8, 4) is 5.75 Å². The Morgan fingerprint density at radius 3 is 2.79 bits per heavy atom. The van der Waals surface area contributed by atoms with Crippen molar-refractivity contribution < 1.29 is 14.2 Å². The van der Waals surface area contributed by atoms with Gasteiger partial charge >= 0.3 is 0 Å². The zero-order chi connectivity index (χ0) is 13.9. The minimum atomic E-state index is 0.557. The summed E-state index contributed by atoms with van der Waals surface area (Å²) in [6.07, 6.45) is 0. The maximum atomic E-state index is 5.78. The average Bonchev–Trinajstić information content (AvgIpc) is 2.42. The summed E-state index contributed by atoms with van der Waals surface area (Å²) in [5.74, 6) is 0.882. The minimum absolute atomic E-state index is 0.557. The van der Waals surface area contributed by atoms with Gasteiger partial charge in [-0.1, -0.05) is 12.1 Å². The first-order chi connectivity index (χ1) is 9.29. The zero-order valence-electron chi connectivity index (χ0n) is 11.6. The molecule has 0 aromatic heterocycles. The van der Waals surface area contributed by atoms with Crippen molar-refractivity contribution in [2.75, 3.05) is 40.1 Å². The molecule has 0 spiro atoms. The van der Waals surface area contributed by atoms with Crippen molar-refractivity contribution in [1.82, 2.24) is 5.32 Å². The van der Waals surface area contributed by atoms with Gasteiger partial charge in [-0.15, -0.1) is 0 Å². The van der Waals surface area contributed by atoms with Gasteiger partial charge in [-0.2, -0.15) is 0 Å². The van der Waals surface area contributed by atoms with E-state index in [2.05, 4.69) is 27.3 Å². The predicted octanol–water partition coefficient (Wildman–Crippen LogP) is 2.60. The molecule has 5 heteroatoms. The topological polar surface area (TPSA) is 39.7 Å². The molecule has 0 radical (unpaired) electrons. The third kappa shape index (κ3) is 6.38. The SMILES string of the molecule is CCOCCOc1c(Br)cccc1CNCCOC. The molecular formula is C14H22BrNO3. The molecule has 0 aliphatic carbocycles. The Balaban J connectivity index is 2.51. The smallest absolute Gasteiger partial charge is 0.138 e. The van der Waals surface area contributed by atoms with Crippen LogP contribution in [0.4, 0.5) is 0 Å². The van der Waals surface area contributed by atoms with Crippen LogP contribution in [0.1, 0.15) is 12.5 Å². The summed E-state index contributed by atoms with van der Waals surface area (Å²) in [5, 5.41) is 3.31. The quantitative estimate of drug-likeness (QED) is 0.669. The molecule has 0 heterocycles. The van der Waals surface area contributed by atoms with E-state index < -0.39 is 0 Å². The molecule has 1 aromatic carbocycles. The molecule has 1 rings (SSSR count). The van der Waals surface area contributed by atoms with Gasteiger partial charge in [0.25, 0.3) is 0 Å². The summed E-state index contributed by atoms with van der Waals surface area (Å²) in [6, 6.07) is 6.04. The molecule has 0 atom stereocenters. The van der Waals surface area contributed by atoms with E-state index in [1.165, 1.54) is 0 Å². The first-order valence-electron chi connectivity index (χ1n) is 6.47. The number of hydrogen-bond acceptors (Lipinski definition) is 4.